The molecule has 25 heavy (non-hydrogen) atoms. The van der Waals surface area contributed by atoms with Crippen LogP contribution >= 0.6 is 0 Å². The number of anilines is 1. The molecular weight excluding hydrogens is 312 g/mol. The number of aryl methyl sites for hydroxylation is 4. The molecule has 2 bridgehead atoms. The van der Waals surface area contributed by atoms with Gasteiger partial charge < -0.3 is 9.80 Å². The first kappa shape index (κ1) is 16.1. The van der Waals surface area contributed by atoms with Crippen LogP contribution < -0.4 is 4.90 Å². The summed E-state index contributed by atoms with van der Waals surface area (Å²) in [5, 5.41) is 0. The Morgan fingerprint density at radius 1 is 1.04 bits per heavy atom. The first-order valence-corrected chi connectivity index (χ1v) is 8.89. The second-order valence-corrected chi connectivity index (χ2v) is 7.39. The lowest BCUT2D eigenvalue weighted by molar-refractivity contribution is 0.00568. The number of carbonyl (C=O) groups is 1. The highest BCUT2D eigenvalue weighted by Crippen LogP contribution is 2.35. The first-order chi connectivity index (χ1) is 11.9. The van der Waals surface area contributed by atoms with E-state index in [1.807, 2.05) is 39.0 Å². The third kappa shape index (κ3) is 2.77. The van der Waals surface area contributed by atoms with Gasteiger partial charge in [-0.1, -0.05) is 17.7 Å². The lowest BCUT2D eigenvalue weighted by Crippen LogP contribution is -2.70. The average molecular weight is 336 g/mol. The first-order valence-electron chi connectivity index (χ1n) is 8.89. The monoisotopic (exact) mass is 336 g/mol. The van der Waals surface area contributed by atoms with Gasteiger partial charge >= 0.3 is 0 Å². The van der Waals surface area contributed by atoms with Gasteiger partial charge in [-0.3, -0.25) is 4.79 Å². The molecular formula is C20H24N4O. The van der Waals surface area contributed by atoms with Crippen LogP contribution in [0, 0.1) is 27.7 Å². The SMILES string of the molecule is Cc1ccc(C(=O)N2C3CC2CN(c2cc(C)nc(C)n2)C3)c(C)c1. The van der Waals surface area contributed by atoms with Crippen LogP contribution in [-0.2, 0) is 0 Å². The third-order valence-corrected chi connectivity index (χ3v) is 5.32. The number of piperidine rings is 1. The molecule has 5 nitrogen and oxygen atoms in total. The van der Waals surface area contributed by atoms with Crippen molar-refractivity contribution in [2.45, 2.75) is 46.2 Å². The zero-order chi connectivity index (χ0) is 17.7. The highest BCUT2D eigenvalue weighted by Gasteiger charge is 2.47. The highest BCUT2D eigenvalue weighted by atomic mass is 16.2. The fourth-order valence-electron chi connectivity index (χ4n) is 4.18. The largest absolute Gasteiger partial charge is 0.352 e. The summed E-state index contributed by atoms with van der Waals surface area (Å²) in [5.74, 6) is 1.96. The maximum atomic E-state index is 13.0. The molecule has 2 unspecified atom stereocenters. The van der Waals surface area contributed by atoms with Crippen LogP contribution in [0.4, 0.5) is 5.82 Å². The van der Waals surface area contributed by atoms with Crippen molar-refractivity contribution in [1.29, 1.82) is 0 Å². The summed E-state index contributed by atoms with van der Waals surface area (Å²) in [4.78, 5) is 26.3. The number of amides is 1. The van der Waals surface area contributed by atoms with Crippen molar-refractivity contribution < 1.29 is 4.79 Å². The zero-order valence-corrected chi connectivity index (χ0v) is 15.3. The summed E-state index contributed by atoms with van der Waals surface area (Å²) < 4.78 is 0. The van der Waals surface area contributed by atoms with Crippen LogP contribution in [0.15, 0.2) is 24.3 Å². The van der Waals surface area contributed by atoms with E-state index in [0.29, 0.717) is 0 Å². The van der Waals surface area contributed by atoms with Gasteiger partial charge in [0, 0.05) is 30.4 Å². The Morgan fingerprint density at radius 2 is 1.76 bits per heavy atom. The molecule has 1 amide bonds. The number of rotatable bonds is 2. The predicted octanol–water partition coefficient (Wildman–Crippen LogP) is 2.81. The van der Waals surface area contributed by atoms with Gasteiger partial charge in [-0.25, -0.2) is 9.97 Å². The summed E-state index contributed by atoms with van der Waals surface area (Å²) in [7, 11) is 0. The lowest BCUT2D eigenvalue weighted by atomic mass is 9.86. The Morgan fingerprint density at radius 3 is 2.40 bits per heavy atom. The van der Waals surface area contributed by atoms with Crippen molar-refractivity contribution in [1.82, 2.24) is 14.9 Å². The van der Waals surface area contributed by atoms with Crippen LogP contribution in [0.2, 0.25) is 0 Å². The highest BCUT2D eigenvalue weighted by molar-refractivity contribution is 5.97. The number of hydrogen-bond donors (Lipinski definition) is 0. The quantitative estimate of drug-likeness (QED) is 0.846. The Labute approximate surface area is 148 Å². The minimum absolute atomic E-state index is 0.174. The van der Waals surface area contributed by atoms with Gasteiger partial charge in [-0.05, 0) is 45.7 Å². The van der Waals surface area contributed by atoms with Gasteiger partial charge in [0.15, 0.2) is 0 Å². The second kappa shape index (κ2) is 5.83. The molecule has 3 aliphatic rings. The van der Waals surface area contributed by atoms with Crippen molar-refractivity contribution in [3.63, 3.8) is 0 Å². The molecule has 0 radical (unpaired) electrons. The number of fused-ring (bicyclic) bond motifs is 2. The van der Waals surface area contributed by atoms with Crippen LogP contribution in [0.5, 0.6) is 0 Å². The summed E-state index contributed by atoms with van der Waals surface area (Å²) in [6.45, 7) is 9.71. The Balaban J connectivity index is 1.52. The number of benzene rings is 1. The molecule has 0 N–H and O–H groups in total. The molecule has 0 aliphatic carbocycles. The molecule has 2 atom stereocenters. The molecule has 130 valence electrons. The van der Waals surface area contributed by atoms with Gasteiger partial charge in [0.25, 0.3) is 5.91 Å². The standard InChI is InChI=1S/C20H24N4O/c1-12-5-6-18(13(2)7-12)20(25)24-16-9-17(24)11-23(10-16)19-8-14(3)21-15(4)22-19/h5-8,16-17H,9-11H2,1-4H3. The maximum Gasteiger partial charge on any atom is 0.254 e. The van der Waals surface area contributed by atoms with Crippen molar-refractivity contribution in [2.24, 2.45) is 0 Å². The molecule has 3 saturated heterocycles. The second-order valence-electron chi connectivity index (χ2n) is 7.39. The molecule has 3 fully saturated rings. The molecule has 1 aromatic heterocycles. The van der Waals surface area contributed by atoms with Crippen molar-refractivity contribution >= 4 is 11.7 Å². The van der Waals surface area contributed by atoms with E-state index >= 15 is 0 Å². The molecule has 0 spiro atoms. The minimum Gasteiger partial charge on any atom is -0.352 e. The molecule has 3 aliphatic heterocycles. The van der Waals surface area contributed by atoms with E-state index in [4.69, 9.17) is 0 Å². The Hall–Kier alpha value is -2.43. The van der Waals surface area contributed by atoms with Crippen molar-refractivity contribution in [3.05, 3.63) is 52.5 Å². The van der Waals surface area contributed by atoms with E-state index in [-0.39, 0.29) is 18.0 Å². The van der Waals surface area contributed by atoms with Gasteiger partial charge in [-0.15, -0.1) is 0 Å². The average Bonchev–Trinajstić information content (AvgIpc) is 2.53. The van der Waals surface area contributed by atoms with Crippen LogP contribution in [0.25, 0.3) is 0 Å². The lowest BCUT2D eigenvalue weighted by Gasteiger charge is -2.56. The fraction of sp³-hybridized carbons (Fsp3) is 0.450. The molecule has 1 aromatic carbocycles. The molecule has 0 saturated carbocycles. The zero-order valence-electron chi connectivity index (χ0n) is 15.3. The van der Waals surface area contributed by atoms with E-state index in [0.717, 1.165) is 48.0 Å². The van der Waals surface area contributed by atoms with Crippen molar-refractivity contribution in [3.8, 4) is 0 Å². The number of piperazine rings is 1. The van der Waals surface area contributed by atoms with E-state index in [1.165, 1.54) is 5.56 Å². The van der Waals surface area contributed by atoms with Crippen LogP contribution in [0.3, 0.4) is 0 Å². The number of aromatic nitrogens is 2. The minimum atomic E-state index is 0.174. The van der Waals surface area contributed by atoms with Gasteiger partial charge in [0.05, 0.1) is 12.1 Å². The predicted molar refractivity (Wildman–Crippen MR) is 98.0 cm³/mol. The number of carbonyl (C=O) groups excluding carboxylic acids is 1. The molecule has 5 heteroatoms. The van der Waals surface area contributed by atoms with Crippen LogP contribution in [0.1, 0.15) is 39.4 Å². The summed E-state index contributed by atoms with van der Waals surface area (Å²) in [6, 6.07) is 8.67. The summed E-state index contributed by atoms with van der Waals surface area (Å²) in [6.07, 6.45) is 1.09. The molecule has 4 heterocycles. The van der Waals surface area contributed by atoms with E-state index in [9.17, 15) is 4.79 Å². The molecule has 2 aromatic rings. The third-order valence-electron chi connectivity index (χ3n) is 5.32. The normalized spacial score (nSPS) is 21.9. The number of nitrogens with zero attached hydrogens (tertiary/aromatic N) is 4. The van der Waals surface area contributed by atoms with Gasteiger partial charge in [0.2, 0.25) is 0 Å². The summed E-state index contributed by atoms with van der Waals surface area (Å²) in [5.41, 5.74) is 4.08. The van der Waals surface area contributed by atoms with E-state index in [2.05, 4.69) is 32.8 Å². The Kier molecular flexibility index (Phi) is 3.74. The molecule has 5 rings (SSSR count). The maximum absolute atomic E-state index is 13.0. The fourth-order valence-corrected chi connectivity index (χ4v) is 4.18. The summed E-state index contributed by atoms with van der Waals surface area (Å²) >= 11 is 0. The van der Waals surface area contributed by atoms with Crippen molar-refractivity contribution in [2.75, 3.05) is 18.0 Å². The van der Waals surface area contributed by atoms with E-state index < -0.39 is 0 Å². The van der Waals surface area contributed by atoms with E-state index in [1.54, 1.807) is 0 Å². The van der Waals surface area contributed by atoms with Gasteiger partial charge in [0.1, 0.15) is 11.6 Å². The topological polar surface area (TPSA) is 49.3 Å². The smallest absolute Gasteiger partial charge is 0.254 e. The number of hydrogen-bond acceptors (Lipinski definition) is 4. The van der Waals surface area contributed by atoms with Gasteiger partial charge in [-0.2, -0.15) is 0 Å². The Bertz CT molecular complexity index is 815. The van der Waals surface area contributed by atoms with Crippen LogP contribution in [-0.4, -0.2) is 45.9 Å².